The zero-order chi connectivity index (χ0) is 23.9. The first-order chi connectivity index (χ1) is 16.1. The van der Waals surface area contributed by atoms with Crippen molar-refractivity contribution in [2.24, 2.45) is 5.92 Å². The largest absolute Gasteiger partial charge is 0.481 e. The van der Waals surface area contributed by atoms with E-state index in [-0.39, 0.29) is 24.5 Å². The van der Waals surface area contributed by atoms with Crippen LogP contribution in [0, 0.1) is 12.8 Å². The Morgan fingerprint density at radius 2 is 1.70 bits per heavy atom. The Bertz CT molecular complexity index is 779. The van der Waals surface area contributed by atoms with E-state index in [2.05, 4.69) is 17.2 Å². The smallest absolute Gasteiger partial charge is 0.307 e. The van der Waals surface area contributed by atoms with E-state index in [0.29, 0.717) is 0 Å². The van der Waals surface area contributed by atoms with E-state index >= 15 is 0 Å². The summed E-state index contributed by atoms with van der Waals surface area (Å²) in [5.41, 5.74) is 3.24. The van der Waals surface area contributed by atoms with Gasteiger partial charge in [0.25, 0.3) is 0 Å². The van der Waals surface area contributed by atoms with Gasteiger partial charge in [0.05, 0.1) is 18.6 Å². The maximum absolute atomic E-state index is 10.5. The number of carbonyl (C=O) groups is 1. The Hall–Kier alpha value is -2.24. The normalized spacial score (nSPS) is 17.7. The molecule has 3 rings (SSSR count). The fraction of sp³-hybridized carbons (Fsp3) is 0.571. The zero-order valence-electron chi connectivity index (χ0n) is 20.4. The molecule has 0 bridgehead atoms. The van der Waals surface area contributed by atoms with Crippen molar-refractivity contribution < 1.29 is 15.0 Å². The summed E-state index contributed by atoms with van der Waals surface area (Å²) >= 11 is 0. The van der Waals surface area contributed by atoms with Gasteiger partial charge in [-0.2, -0.15) is 0 Å². The number of aliphatic hydroxyl groups is 1. The molecule has 1 fully saturated rings. The van der Waals surface area contributed by atoms with Crippen LogP contribution in [0.25, 0.3) is 0 Å². The van der Waals surface area contributed by atoms with Crippen molar-refractivity contribution in [1.29, 1.82) is 0 Å². The first-order valence-electron chi connectivity index (χ1n) is 12.6. The highest BCUT2D eigenvalue weighted by molar-refractivity contribution is 5.75. The molecule has 0 radical (unpaired) electrons. The summed E-state index contributed by atoms with van der Waals surface area (Å²) in [5, 5.41) is 21.6. The van der Waals surface area contributed by atoms with Crippen LogP contribution in [-0.2, 0) is 4.79 Å². The second-order valence-corrected chi connectivity index (χ2v) is 9.09. The standard InChI is InChI=1S/C18H32N2O.C10H10O2/c1-3-4-5-6-7-8-9-10-13-19-18(15-21)17-12-11-16(2)20-14-17;11-10(12)9-6-8(9)7-4-2-1-3-5-7/h11-12,14,18-19,21H,3-10,13,15H2,1-2H3;1-5,8-9H,6H2,(H,11,12)/t18-;8-,9+/m01/s1. The van der Waals surface area contributed by atoms with E-state index in [1.807, 2.05) is 55.6 Å². The van der Waals surface area contributed by atoms with Gasteiger partial charge in [-0.3, -0.25) is 9.78 Å². The summed E-state index contributed by atoms with van der Waals surface area (Å²) in [7, 11) is 0. The van der Waals surface area contributed by atoms with Crippen molar-refractivity contribution in [3.05, 3.63) is 65.5 Å². The first kappa shape index (κ1) is 27.0. The highest BCUT2D eigenvalue weighted by Crippen LogP contribution is 2.47. The topological polar surface area (TPSA) is 82.5 Å². The molecule has 1 heterocycles. The number of unbranched alkanes of at least 4 members (excludes halogenated alkanes) is 7. The van der Waals surface area contributed by atoms with Gasteiger partial charge in [0.15, 0.2) is 0 Å². The van der Waals surface area contributed by atoms with Gasteiger partial charge in [0.1, 0.15) is 0 Å². The minimum atomic E-state index is -0.663. The average molecular weight is 455 g/mol. The number of benzene rings is 1. The van der Waals surface area contributed by atoms with E-state index in [1.165, 1.54) is 51.4 Å². The molecule has 1 aliphatic rings. The quantitative estimate of drug-likeness (QED) is 0.304. The van der Waals surface area contributed by atoms with Gasteiger partial charge in [0.2, 0.25) is 0 Å². The van der Waals surface area contributed by atoms with Crippen molar-refractivity contribution in [1.82, 2.24) is 10.3 Å². The van der Waals surface area contributed by atoms with Crippen LogP contribution in [-0.4, -0.2) is 34.3 Å². The van der Waals surface area contributed by atoms with Gasteiger partial charge < -0.3 is 15.5 Å². The summed E-state index contributed by atoms with van der Waals surface area (Å²) < 4.78 is 0. The van der Waals surface area contributed by atoms with Crippen molar-refractivity contribution in [3.63, 3.8) is 0 Å². The fourth-order valence-electron chi connectivity index (χ4n) is 4.04. The number of aryl methyl sites for hydroxylation is 1. The van der Waals surface area contributed by atoms with Crippen LogP contribution >= 0.6 is 0 Å². The third-order valence-electron chi connectivity index (χ3n) is 6.28. The molecule has 2 aromatic rings. The van der Waals surface area contributed by atoms with Crippen molar-refractivity contribution in [3.8, 4) is 0 Å². The maximum atomic E-state index is 10.5. The predicted octanol–water partition coefficient (Wildman–Crippen LogP) is 6.03. The minimum absolute atomic E-state index is 0.0163. The molecule has 1 aromatic heterocycles. The molecule has 182 valence electrons. The second kappa shape index (κ2) is 15.6. The fourth-order valence-corrected chi connectivity index (χ4v) is 4.04. The number of nitrogens with one attached hydrogen (secondary N) is 1. The van der Waals surface area contributed by atoms with Crippen LogP contribution in [0.15, 0.2) is 48.7 Å². The van der Waals surface area contributed by atoms with Gasteiger partial charge in [-0.1, -0.05) is 88.3 Å². The SMILES string of the molecule is CCCCCCCCCCN[C@@H](CO)c1ccc(C)nc1.O=C(O)[C@H]1C[C@@H]1c1ccccc1. The van der Waals surface area contributed by atoms with Gasteiger partial charge in [-0.25, -0.2) is 0 Å². The monoisotopic (exact) mass is 454 g/mol. The molecule has 33 heavy (non-hydrogen) atoms. The Balaban J connectivity index is 0.000000268. The maximum Gasteiger partial charge on any atom is 0.307 e. The van der Waals surface area contributed by atoms with E-state index in [1.54, 1.807) is 0 Å². The molecule has 3 N–H and O–H groups in total. The van der Waals surface area contributed by atoms with E-state index in [0.717, 1.165) is 29.8 Å². The Labute approximate surface area is 199 Å². The van der Waals surface area contributed by atoms with Gasteiger partial charge >= 0.3 is 5.97 Å². The van der Waals surface area contributed by atoms with Crippen LogP contribution in [0.2, 0.25) is 0 Å². The Kier molecular flexibility index (Phi) is 12.7. The van der Waals surface area contributed by atoms with Crippen molar-refractivity contribution >= 4 is 5.97 Å². The number of aromatic nitrogens is 1. The summed E-state index contributed by atoms with van der Waals surface area (Å²) in [6.07, 6.45) is 13.3. The molecule has 1 aliphatic carbocycles. The molecular formula is C28H42N2O3. The summed E-state index contributed by atoms with van der Waals surface area (Å²) in [5.74, 6) is -0.528. The predicted molar refractivity (Wildman–Crippen MR) is 134 cm³/mol. The molecular weight excluding hydrogens is 412 g/mol. The molecule has 0 aliphatic heterocycles. The third-order valence-corrected chi connectivity index (χ3v) is 6.28. The number of nitrogens with zero attached hydrogens (tertiary/aromatic N) is 1. The highest BCUT2D eigenvalue weighted by atomic mass is 16.4. The molecule has 1 aromatic carbocycles. The number of carboxylic acids is 1. The number of pyridine rings is 1. The lowest BCUT2D eigenvalue weighted by molar-refractivity contribution is -0.138. The van der Waals surface area contributed by atoms with E-state index in [9.17, 15) is 9.90 Å². The average Bonchev–Trinajstić information content (AvgIpc) is 3.64. The Morgan fingerprint density at radius 1 is 1.03 bits per heavy atom. The number of hydrogen-bond donors (Lipinski definition) is 3. The summed E-state index contributed by atoms with van der Waals surface area (Å²) in [6, 6.07) is 13.9. The molecule has 0 spiro atoms. The molecule has 5 nitrogen and oxygen atoms in total. The van der Waals surface area contributed by atoms with E-state index < -0.39 is 5.97 Å². The molecule has 0 unspecified atom stereocenters. The molecule has 1 saturated carbocycles. The lowest BCUT2D eigenvalue weighted by atomic mass is 10.1. The third kappa shape index (κ3) is 10.5. The number of aliphatic hydroxyl groups excluding tert-OH is 1. The molecule has 0 amide bonds. The number of hydrogen-bond acceptors (Lipinski definition) is 4. The first-order valence-corrected chi connectivity index (χ1v) is 12.6. The van der Waals surface area contributed by atoms with Crippen LogP contribution < -0.4 is 5.32 Å². The van der Waals surface area contributed by atoms with Gasteiger partial charge in [-0.05, 0) is 49.4 Å². The molecule has 5 heteroatoms. The lowest BCUT2D eigenvalue weighted by Crippen LogP contribution is -2.25. The minimum Gasteiger partial charge on any atom is -0.481 e. The lowest BCUT2D eigenvalue weighted by Gasteiger charge is -2.16. The number of rotatable bonds is 14. The number of carboxylic acid groups (broad SMARTS) is 1. The number of aliphatic carboxylic acids is 1. The van der Waals surface area contributed by atoms with Crippen LogP contribution in [0.4, 0.5) is 0 Å². The van der Waals surface area contributed by atoms with Gasteiger partial charge in [-0.15, -0.1) is 0 Å². The Morgan fingerprint density at radius 3 is 2.24 bits per heavy atom. The second-order valence-electron chi connectivity index (χ2n) is 9.09. The van der Waals surface area contributed by atoms with Gasteiger partial charge in [0, 0.05) is 11.9 Å². The summed E-state index contributed by atoms with van der Waals surface area (Å²) in [4.78, 5) is 14.8. The zero-order valence-corrected chi connectivity index (χ0v) is 20.4. The van der Waals surface area contributed by atoms with Crippen molar-refractivity contribution in [2.45, 2.75) is 83.6 Å². The highest BCUT2D eigenvalue weighted by Gasteiger charge is 2.43. The van der Waals surface area contributed by atoms with Crippen molar-refractivity contribution in [2.75, 3.05) is 13.2 Å². The van der Waals surface area contributed by atoms with E-state index in [4.69, 9.17) is 5.11 Å². The van der Waals surface area contributed by atoms with Crippen LogP contribution in [0.5, 0.6) is 0 Å². The summed E-state index contributed by atoms with van der Waals surface area (Å²) in [6.45, 7) is 5.33. The molecule has 3 atom stereocenters. The van der Waals surface area contributed by atoms with Crippen LogP contribution in [0.1, 0.15) is 93.5 Å². The van der Waals surface area contributed by atoms with Crippen LogP contribution in [0.3, 0.4) is 0 Å². The molecule has 0 saturated heterocycles.